The summed E-state index contributed by atoms with van der Waals surface area (Å²) in [7, 11) is -2.10. The van der Waals surface area contributed by atoms with Crippen LogP contribution in [-0.2, 0) is 17.1 Å². The molecule has 3 rings (SSSR count). The molecule has 0 N–H and O–H groups in total. The van der Waals surface area contributed by atoms with Gasteiger partial charge in [-0.1, -0.05) is 48.8 Å². The van der Waals surface area contributed by atoms with Crippen LogP contribution < -0.4 is 0 Å². The van der Waals surface area contributed by atoms with Crippen molar-refractivity contribution in [3.8, 4) is 0 Å². The maximum atomic E-state index is 12.7. The van der Waals surface area contributed by atoms with Crippen LogP contribution in [-0.4, -0.2) is 46.0 Å². The first-order chi connectivity index (χ1) is 11.0. The number of hydrogen-bond donors (Lipinski definition) is 0. The van der Waals surface area contributed by atoms with Gasteiger partial charge in [-0.15, -0.1) is 0 Å². The van der Waals surface area contributed by atoms with Gasteiger partial charge in [0.05, 0.1) is 0 Å². The highest BCUT2D eigenvalue weighted by molar-refractivity contribution is 7.89. The predicted molar refractivity (Wildman–Crippen MR) is 85.1 cm³/mol. The van der Waals surface area contributed by atoms with Crippen molar-refractivity contribution in [3.63, 3.8) is 0 Å². The molecular formula is C15H21N5O2S. The first kappa shape index (κ1) is 16.1. The summed E-state index contributed by atoms with van der Waals surface area (Å²) in [6.45, 7) is 3.11. The van der Waals surface area contributed by atoms with Gasteiger partial charge in [-0.25, -0.2) is 13.1 Å². The molecule has 2 heterocycles. The third-order valence-corrected chi connectivity index (χ3v) is 6.42. The predicted octanol–water partition coefficient (Wildman–Crippen LogP) is 1.41. The van der Waals surface area contributed by atoms with Crippen LogP contribution in [0, 0.1) is 5.92 Å². The highest BCUT2D eigenvalue weighted by atomic mass is 32.2. The Labute approximate surface area is 136 Å². The fourth-order valence-electron chi connectivity index (χ4n) is 3.33. The molecule has 1 aromatic carbocycles. The molecule has 0 saturated carbocycles. The maximum absolute atomic E-state index is 12.7. The maximum Gasteiger partial charge on any atom is 0.282 e. The van der Waals surface area contributed by atoms with Gasteiger partial charge in [-0.2, -0.15) is 4.31 Å². The number of hydrogen-bond acceptors (Lipinski definition) is 5. The monoisotopic (exact) mass is 335 g/mol. The zero-order chi connectivity index (χ0) is 16.4. The van der Waals surface area contributed by atoms with Crippen LogP contribution in [0.1, 0.15) is 31.2 Å². The lowest BCUT2D eigenvalue weighted by molar-refractivity contribution is 0.227. The standard InChI is InChI=1S/C15H21N5O2S/c1-3-12-11-20(23(21,22)15-16-17-18-19(15)2)10-9-14(12)13-7-5-4-6-8-13/h4-8,12,14H,3,9-11H2,1-2H3. The van der Waals surface area contributed by atoms with Crippen LogP contribution in [0.5, 0.6) is 0 Å². The van der Waals surface area contributed by atoms with Gasteiger partial charge in [0.2, 0.25) is 0 Å². The zero-order valence-corrected chi connectivity index (χ0v) is 14.1. The van der Waals surface area contributed by atoms with Gasteiger partial charge in [0.1, 0.15) is 0 Å². The highest BCUT2D eigenvalue weighted by Gasteiger charge is 2.37. The molecule has 1 saturated heterocycles. The molecule has 2 aromatic rings. The average molecular weight is 335 g/mol. The van der Waals surface area contributed by atoms with Gasteiger partial charge in [0.25, 0.3) is 15.2 Å². The van der Waals surface area contributed by atoms with E-state index in [9.17, 15) is 8.42 Å². The Hall–Kier alpha value is -1.80. The summed E-state index contributed by atoms with van der Waals surface area (Å²) in [5.74, 6) is 0.687. The Morgan fingerprint density at radius 3 is 2.61 bits per heavy atom. The van der Waals surface area contributed by atoms with Crippen molar-refractivity contribution in [2.24, 2.45) is 13.0 Å². The fourth-order valence-corrected chi connectivity index (χ4v) is 4.80. The molecule has 1 fully saturated rings. The highest BCUT2D eigenvalue weighted by Crippen LogP contribution is 2.36. The Morgan fingerprint density at radius 2 is 2.00 bits per heavy atom. The number of sulfonamides is 1. The topological polar surface area (TPSA) is 81.0 Å². The zero-order valence-electron chi connectivity index (χ0n) is 13.3. The van der Waals surface area contributed by atoms with Gasteiger partial charge in [-0.3, -0.25) is 0 Å². The third kappa shape index (κ3) is 3.00. The lowest BCUT2D eigenvalue weighted by atomic mass is 9.80. The van der Waals surface area contributed by atoms with Crippen LogP contribution in [0.3, 0.4) is 0 Å². The molecular weight excluding hydrogens is 314 g/mol. The number of tetrazole rings is 1. The molecule has 1 aliphatic rings. The van der Waals surface area contributed by atoms with E-state index in [-0.39, 0.29) is 5.16 Å². The van der Waals surface area contributed by atoms with Crippen LogP contribution in [0.25, 0.3) is 0 Å². The minimum atomic E-state index is -3.64. The summed E-state index contributed by atoms with van der Waals surface area (Å²) in [4.78, 5) is 0. The molecule has 0 spiro atoms. The molecule has 1 aliphatic heterocycles. The van der Waals surface area contributed by atoms with Crippen molar-refractivity contribution in [1.82, 2.24) is 24.5 Å². The summed E-state index contributed by atoms with van der Waals surface area (Å²) < 4.78 is 28.2. The first-order valence-corrected chi connectivity index (χ1v) is 9.25. The molecule has 124 valence electrons. The number of nitrogens with zero attached hydrogens (tertiary/aromatic N) is 5. The van der Waals surface area contributed by atoms with E-state index in [0.717, 1.165) is 12.8 Å². The fraction of sp³-hybridized carbons (Fsp3) is 0.533. The van der Waals surface area contributed by atoms with Crippen molar-refractivity contribution in [2.45, 2.75) is 30.8 Å². The molecule has 2 atom stereocenters. The van der Waals surface area contributed by atoms with Crippen LogP contribution in [0.4, 0.5) is 0 Å². The number of piperidine rings is 1. The van der Waals surface area contributed by atoms with Crippen molar-refractivity contribution < 1.29 is 8.42 Å². The molecule has 0 bridgehead atoms. The molecule has 1 aromatic heterocycles. The summed E-state index contributed by atoms with van der Waals surface area (Å²) in [5.41, 5.74) is 1.29. The van der Waals surface area contributed by atoms with E-state index in [1.165, 1.54) is 14.6 Å². The quantitative estimate of drug-likeness (QED) is 0.844. The molecule has 23 heavy (non-hydrogen) atoms. The normalized spacial score (nSPS) is 23.0. The van der Waals surface area contributed by atoms with E-state index >= 15 is 0 Å². The van der Waals surface area contributed by atoms with E-state index in [0.29, 0.717) is 24.9 Å². The van der Waals surface area contributed by atoms with Gasteiger partial charge in [-0.05, 0) is 34.2 Å². The van der Waals surface area contributed by atoms with E-state index < -0.39 is 10.0 Å². The van der Waals surface area contributed by atoms with Gasteiger partial charge in [0.15, 0.2) is 0 Å². The van der Waals surface area contributed by atoms with Gasteiger partial charge >= 0.3 is 0 Å². The lowest BCUT2D eigenvalue weighted by Crippen LogP contribution is -2.43. The summed E-state index contributed by atoms with van der Waals surface area (Å²) in [5, 5.41) is 10.6. The number of rotatable bonds is 4. The van der Waals surface area contributed by atoms with Crippen LogP contribution in [0.15, 0.2) is 35.5 Å². The Balaban J connectivity index is 1.83. The minimum absolute atomic E-state index is 0.0921. The number of aryl methyl sites for hydroxylation is 1. The van der Waals surface area contributed by atoms with E-state index in [2.05, 4.69) is 34.6 Å². The van der Waals surface area contributed by atoms with Crippen LogP contribution in [0.2, 0.25) is 0 Å². The van der Waals surface area contributed by atoms with Crippen molar-refractivity contribution in [2.75, 3.05) is 13.1 Å². The second-order valence-electron chi connectivity index (χ2n) is 5.92. The number of benzene rings is 1. The molecule has 7 nitrogen and oxygen atoms in total. The molecule has 8 heteroatoms. The minimum Gasteiger partial charge on any atom is -0.218 e. The van der Waals surface area contributed by atoms with Gasteiger partial charge < -0.3 is 0 Å². The average Bonchev–Trinajstić information content (AvgIpc) is 3.02. The van der Waals surface area contributed by atoms with E-state index in [4.69, 9.17) is 0 Å². The van der Waals surface area contributed by atoms with Gasteiger partial charge in [0, 0.05) is 20.1 Å². The Kier molecular flexibility index (Phi) is 4.45. The summed E-state index contributed by atoms with van der Waals surface area (Å²) in [6, 6.07) is 10.3. The molecule has 0 aliphatic carbocycles. The van der Waals surface area contributed by atoms with E-state index in [1.54, 1.807) is 7.05 Å². The van der Waals surface area contributed by atoms with Crippen LogP contribution >= 0.6 is 0 Å². The summed E-state index contributed by atoms with van der Waals surface area (Å²) >= 11 is 0. The summed E-state index contributed by atoms with van der Waals surface area (Å²) in [6.07, 6.45) is 1.75. The van der Waals surface area contributed by atoms with Crippen molar-refractivity contribution >= 4 is 10.0 Å². The van der Waals surface area contributed by atoms with Crippen molar-refractivity contribution in [1.29, 1.82) is 0 Å². The lowest BCUT2D eigenvalue weighted by Gasteiger charge is -2.37. The second kappa shape index (κ2) is 6.37. The third-order valence-electron chi connectivity index (χ3n) is 4.60. The molecule has 0 amide bonds. The molecule has 2 unspecified atom stereocenters. The second-order valence-corrected chi connectivity index (χ2v) is 7.75. The van der Waals surface area contributed by atoms with Crippen molar-refractivity contribution in [3.05, 3.63) is 35.9 Å². The molecule has 0 radical (unpaired) electrons. The SMILES string of the molecule is CCC1CN(S(=O)(=O)c2nnnn2C)CCC1c1ccccc1. The number of aromatic nitrogens is 4. The Morgan fingerprint density at radius 1 is 1.26 bits per heavy atom. The first-order valence-electron chi connectivity index (χ1n) is 7.81. The van der Waals surface area contributed by atoms with E-state index in [1.807, 2.05) is 18.2 Å². The Bertz CT molecular complexity index is 759. The largest absolute Gasteiger partial charge is 0.282 e. The smallest absolute Gasteiger partial charge is 0.218 e.